The van der Waals surface area contributed by atoms with Crippen LogP contribution in [0.1, 0.15) is 25.7 Å². The smallest absolute Gasteiger partial charge is 0.0953 e. The van der Waals surface area contributed by atoms with Crippen molar-refractivity contribution in [1.82, 2.24) is 4.90 Å². The molecule has 1 rings (SSSR count). The van der Waals surface area contributed by atoms with Crippen LogP contribution in [0.15, 0.2) is 25.6 Å². The molecule has 0 aromatic rings. The van der Waals surface area contributed by atoms with Crippen LogP contribution in [-0.4, -0.2) is 8.45 Å². The number of hydrogen-bond donors (Lipinski definition) is 0. The maximum absolute atomic E-state index is 3.77. The van der Waals surface area contributed by atoms with Crippen molar-refractivity contribution < 1.29 is 0 Å². The highest BCUT2D eigenvalue weighted by atomic mass is 127. The molecule has 1 nitrogen and oxygen atoms in total. The molecule has 1 fully saturated rings. The minimum absolute atomic E-state index is 0.279. The molecule has 0 radical (unpaired) electrons. The van der Waals surface area contributed by atoms with Gasteiger partial charge in [0.15, 0.2) is 0 Å². The van der Waals surface area contributed by atoms with Gasteiger partial charge in [-0.2, -0.15) is 0 Å². The number of hydrogen-bond acceptors (Lipinski definition) is 1. The summed E-state index contributed by atoms with van der Waals surface area (Å²) in [5, 5.41) is 0. The molecule has 0 atom stereocenters. The summed E-state index contributed by atoms with van der Waals surface area (Å²) in [6.45, 7) is 7.54. The summed E-state index contributed by atoms with van der Waals surface area (Å²) in [6, 6.07) is 0. The Labute approximate surface area is 82.3 Å². The Kier molecular flexibility index (Phi) is 2.98. The third-order valence-corrected chi connectivity index (χ3v) is 3.86. The second kappa shape index (κ2) is 3.61. The van der Waals surface area contributed by atoms with E-state index in [0.29, 0.717) is 0 Å². The molecule has 0 aromatic heterocycles. The molecule has 0 spiro atoms. The third-order valence-electron chi connectivity index (χ3n) is 2.23. The van der Waals surface area contributed by atoms with Crippen LogP contribution in [-0.2, 0) is 0 Å². The van der Waals surface area contributed by atoms with E-state index in [-0.39, 0.29) is 3.55 Å². The number of nitrogens with zero attached hydrogens (tertiary/aromatic N) is 1. The van der Waals surface area contributed by atoms with E-state index < -0.39 is 0 Å². The average molecular weight is 263 g/mol. The van der Waals surface area contributed by atoms with Crippen LogP contribution < -0.4 is 0 Å². The summed E-state index contributed by atoms with van der Waals surface area (Å²) in [7, 11) is 0. The molecule has 0 aliphatic heterocycles. The van der Waals surface area contributed by atoms with Crippen molar-refractivity contribution in [1.29, 1.82) is 0 Å². The molecule has 0 saturated heterocycles. The average Bonchev–Trinajstić information content (AvgIpc) is 2.39. The first kappa shape index (κ1) is 9.10. The third kappa shape index (κ3) is 1.78. The number of rotatable bonds is 3. The lowest BCUT2D eigenvalue weighted by Crippen LogP contribution is -2.32. The fraction of sp³-hybridized carbons (Fsp3) is 0.556. The molecular weight excluding hydrogens is 249 g/mol. The quantitative estimate of drug-likeness (QED) is 0.429. The lowest BCUT2D eigenvalue weighted by atomic mass is 10.2. The Morgan fingerprint density at radius 2 is 1.64 bits per heavy atom. The van der Waals surface area contributed by atoms with E-state index in [1.54, 1.807) is 0 Å². The van der Waals surface area contributed by atoms with Gasteiger partial charge in [0, 0.05) is 0 Å². The Morgan fingerprint density at radius 1 is 1.18 bits per heavy atom. The van der Waals surface area contributed by atoms with Gasteiger partial charge < -0.3 is 4.90 Å². The summed E-state index contributed by atoms with van der Waals surface area (Å²) in [6.07, 6.45) is 8.91. The second-order valence-electron chi connectivity index (χ2n) is 2.90. The van der Waals surface area contributed by atoms with Crippen LogP contribution in [0.5, 0.6) is 0 Å². The van der Waals surface area contributed by atoms with Crippen molar-refractivity contribution in [3.8, 4) is 0 Å². The zero-order valence-corrected chi connectivity index (χ0v) is 8.88. The maximum atomic E-state index is 3.77. The lowest BCUT2D eigenvalue weighted by Gasteiger charge is -2.32. The van der Waals surface area contributed by atoms with Gasteiger partial charge in [0.05, 0.1) is 3.55 Å². The van der Waals surface area contributed by atoms with Gasteiger partial charge in [0.25, 0.3) is 0 Å². The van der Waals surface area contributed by atoms with Gasteiger partial charge in [0.1, 0.15) is 0 Å². The van der Waals surface area contributed by atoms with Gasteiger partial charge in [0.2, 0.25) is 0 Å². The van der Waals surface area contributed by atoms with E-state index in [0.717, 1.165) is 0 Å². The Hall–Kier alpha value is 0.01000. The van der Waals surface area contributed by atoms with Crippen molar-refractivity contribution >= 4 is 22.6 Å². The van der Waals surface area contributed by atoms with Crippen molar-refractivity contribution in [2.24, 2.45) is 0 Å². The molecule has 0 bridgehead atoms. The van der Waals surface area contributed by atoms with Crippen LogP contribution >= 0.6 is 22.6 Å². The molecule has 1 saturated carbocycles. The molecule has 0 aromatic carbocycles. The molecule has 1 aliphatic rings. The minimum Gasteiger partial charge on any atom is -0.341 e. The van der Waals surface area contributed by atoms with Gasteiger partial charge in [-0.3, -0.25) is 0 Å². The summed E-state index contributed by atoms with van der Waals surface area (Å²) in [4.78, 5) is 2.13. The predicted octanol–water partition coefficient (Wildman–Crippen LogP) is 3.28. The molecule has 11 heavy (non-hydrogen) atoms. The van der Waals surface area contributed by atoms with Gasteiger partial charge in [-0.15, -0.1) is 0 Å². The first-order valence-electron chi connectivity index (χ1n) is 3.95. The van der Waals surface area contributed by atoms with E-state index in [1.807, 2.05) is 12.4 Å². The Bertz CT molecular complexity index is 151. The largest absolute Gasteiger partial charge is 0.341 e. The van der Waals surface area contributed by atoms with Crippen molar-refractivity contribution in [2.75, 3.05) is 0 Å². The van der Waals surface area contributed by atoms with Crippen LogP contribution in [0.4, 0.5) is 0 Å². The first-order valence-corrected chi connectivity index (χ1v) is 5.03. The fourth-order valence-electron chi connectivity index (χ4n) is 1.58. The zero-order chi connectivity index (χ0) is 8.32. The van der Waals surface area contributed by atoms with E-state index in [1.165, 1.54) is 25.7 Å². The standard InChI is InChI=1S/C9H14IN/c1-3-11(4-2)9(10)7-5-6-8-9/h3-4H,1-2,5-8H2. The van der Waals surface area contributed by atoms with Crippen LogP contribution in [0.25, 0.3) is 0 Å². The lowest BCUT2D eigenvalue weighted by molar-refractivity contribution is 0.352. The highest BCUT2D eigenvalue weighted by Crippen LogP contribution is 2.41. The number of halogens is 1. The topological polar surface area (TPSA) is 3.24 Å². The molecule has 62 valence electrons. The summed E-state index contributed by atoms with van der Waals surface area (Å²) in [5.41, 5.74) is 0. The molecule has 0 amide bonds. The van der Waals surface area contributed by atoms with Crippen molar-refractivity contribution in [3.05, 3.63) is 25.6 Å². The van der Waals surface area contributed by atoms with Crippen LogP contribution in [0, 0.1) is 0 Å². The highest BCUT2D eigenvalue weighted by molar-refractivity contribution is 14.1. The van der Waals surface area contributed by atoms with Crippen LogP contribution in [0.2, 0.25) is 0 Å². The van der Waals surface area contributed by atoms with E-state index in [2.05, 4.69) is 40.6 Å². The summed E-state index contributed by atoms with van der Waals surface area (Å²) in [5.74, 6) is 0. The van der Waals surface area contributed by atoms with Gasteiger partial charge in [-0.05, 0) is 25.2 Å². The Balaban J connectivity index is 2.67. The molecular formula is C9H14IN. The zero-order valence-electron chi connectivity index (χ0n) is 6.72. The first-order chi connectivity index (χ1) is 5.23. The minimum atomic E-state index is 0.279. The predicted molar refractivity (Wildman–Crippen MR) is 57.5 cm³/mol. The van der Waals surface area contributed by atoms with Crippen molar-refractivity contribution in [3.63, 3.8) is 0 Å². The van der Waals surface area contributed by atoms with Crippen molar-refractivity contribution in [2.45, 2.75) is 29.2 Å². The molecule has 0 heterocycles. The normalized spacial score (nSPS) is 21.2. The molecule has 0 unspecified atom stereocenters. The Morgan fingerprint density at radius 3 is 2.00 bits per heavy atom. The summed E-state index contributed by atoms with van der Waals surface area (Å²) >= 11 is 2.51. The van der Waals surface area contributed by atoms with E-state index in [4.69, 9.17) is 0 Å². The summed E-state index contributed by atoms with van der Waals surface area (Å²) < 4.78 is 0.279. The number of alkyl halides is 1. The fourth-order valence-corrected chi connectivity index (χ4v) is 2.73. The van der Waals surface area contributed by atoms with Gasteiger partial charge >= 0.3 is 0 Å². The SMILES string of the molecule is C=CN(C=C)C1(I)CCCC1. The molecule has 0 N–H and O–H groups in total. The van der Waals surface area contributed by atoms with Gasteiger partial charge in [-0.1, -0.05) is 48.6 Å². The highest BCUT2D eigenvalue weighted by Gasteiger charge is 2.33. The van der Waals surface area contributed by atoms with E-state index in [9.17, 15) is 0 Å². The van der Waals surface area contributed by atoms with Gasteiger partial charge in [-0.25, -0.2) is 0 Å². The molecule has 2 heteroatoms. The maximum Gasteiger partial charge on any atom is 0.0953 e. The van der Waals surface area contributed by atoms with E-state index >= 15 is 0 Å². The molecule has 1 aliphatic carbocycles. The van der Waals surface area contributed by atoms with Crippen LogP contribution in [0.3, 0.4) is 0 Å². The second-order valence-corrected chi connectivity index (χ2v) is 4.91. The monoisotopic (exact) mass is 263 g/mol.